The summed E-state index contributed by atoms with van der Waals surface area (Å²) < 4.78 is 5.73. The van der Waals surface area contributed by atoms with Gasteiger partial charge in [-0.2, -0.15) is 0 Å². The fourth-order valence-electron chi connectivity index (χ4n) is 5.89. The number of nitrogens with two attached hydrogens (primary N) is 2. The summed E-state index contributed by atoms with van der Waals surface area (Å²) in [6.45, 7) is 3.16. The minimum atomic E-state index is -0.889. The normalized spacial score (nSPS) is 14.0. The van der Waals surface area contributed by atoms with Crippen molar-refractivity contribution in [3.05, 3.63) is 95.6 Å². The molecule has 0 aliphatic heterocycles. The molecule has 3 aromatic carbocycles. The molecular formula is C36H47N5O4. The molecule has 0 saturated carbocycles. The maximum Gasteiger partial charge on any atom is 0.407 e. The average molecular weight is 614 g/mol. The first-order valence-electron chi connectivity index (χ1n) is 16.1. The number of unbranched alkanes of at least 4 members (excludes halogenated alkanes) is 2. The molecule has 0 fully saturated rings. The predicted octanol–water partition coefficient (Wildman–Crippen LogP) is 4.38. The number of ether oxygens (including phenoxy) is 1. The molecule has 9 nitrogen and oxygen atoms in total. The maximum atomic E-state index is 13.7. The van der Waals surface area contributed by atoms with Gasteiger partial charge in [-0.25, -0.2) is 4.79 Å². The zero-order chi connectivity index (χ0) is 32.0. The van der Waals surface area contributed by atoms with Gasteiger partial charge in [0.2, 0.25) is 11.8 Å². The third-order valence-corrected chi connectivity index (χ3v) is 8.29. The minimum Gasteiger partial charge on any atom is -0.449 e. The summed E-state index contributed by atoms with van der Waals surface area (Å²) in [5.41, 5.74) is 16.7. The number of fused-ring (bicyclic) bond motifs is 3. The second-order valence-electron chi connectivity index (χ2n) is 11.8. The van der Waals surface area contributed by atoms with Crippen LogP contribution in [-0.4, -0.2) is 55.7 Å². The molecule has 4 rings (SSSR count). The highest BCUT2D eigenvalue weighted by Gasteiger charge is 2.31. The molecule has 3 unspecified atom stereocenters. The van der Waals surface area contributed by atoms with E-state index in [1.165, 1.54) is 0 Å². The highest BCUT2D eigenvalue weighted by atomic mass is 16.5. The van der Waals surface area contributed by atoms with Crippen LogP contribution in [0.25, 0.3) is 11.1 Å². The van der Waals surface area contributed by atoms with Crippen LogP contribution in [0, 0.1) is 0 Å². The molecule has 3 atom stereocenters. The van der Waals surface area contributed by atoms with Crippen LogP contribution in [0.4, 0.5) is 4.79 Å². The van der Waals surface area contributed by atoms with Gasteiger partial charge in [-0.05, 0) is 79.9 Å². The van der Waals surface area contributed by atoms with Crippen molar-refractivity contribution >= 4 is 17.9 Å². The van der Waals surface area contributed by atoms with Crippen LogP contribution in [-0.2, 0) is 20.7 Å². The minimum absolute atomic E-state index is 0.0708. The maximum absolute atomic E-state index is 13.7. The van der Waals surface area contributed by atoms with E-state index in [0.717, 1.165) is 47.1 Å². The van der Waals surface area contributed by atoms with Crippen molar-refractivity contribution in [3.8, 4) is 11.1 Å². The largest absolute Gasteiger partial charge is 0.449 e. The van der Waals surface area contributed by atoms with Crippen LogP contribution in [0.1, 0.15) is 68.1 Å². The van der Waals surface area contributed by atoms with Crippen molar-refractivity contribution in [1.82, 2.24) is 16.0 Å². The number of carbonyl (C=O) groups excluding carboxylic acids is 3. The molecule has 3 amide bonds. The molecule has 0 radical (unpaired) electrons. The van der Waals surface area contributed by atoms with Gasteiger partial charge in [0, 0.05) is 18.4 Å². The van der Waals surface area contributed by atoms with Gasteiger partial charge in [0.25, 0.3) is 0 Å². The zero-order valence-electron chi connectivity index (χ0n) is 26.2. The molecule has 7 N–H and O–H groups in total. The molecule has 9 heteroatoms. The van der Waals surface area contributed by atoms with Crippen molar-refractivity contribution in [3.63, 3.8) is 0 Å². The van der Waals surface area contributed by atoms with Gasteiger partial charge in [-0.1, -0.05) is 85.3 Å². The van der Waals surface area contributed by atoms with E-state index in [0.29, 0.717) is 38.8 Å². The predicted molar refractivity (Wildman–Crippen MR) is 177 cm³/mol. The van der Waals surface area contributed by atoms with Crippen LogP contribution in [0.2, 0.25) is 0 Å². The Kier molecular flexibility index (Phi) is 13.0. The number of benzene rings is 3. The Bertz CT molecular complexity index is 1350. The van der Waals surface area contributed by atoms with Crippen LogP contribution in [0.5, 0.6) is 0 Å². The van der Waals surface area contributed by atoms with E-state index < -0.39 is 24.1 Å². The van der Waals surface area contributed by atoms with E-state index in [4.69, 9.17) is 16.2 Å². The van der Waals surface area contributed by atoms with Crippen molar-refractivity contribution in [1.29, 1.82) is 0 Å². The molecular weight excluding hydrogens is 566 g/mol. The van der Waals surface area contributed by atoms with Crippen LogP contribution in [0.15, 0.2) is 78.9 Å². The quantitative estimate of drug-likeness (QED) is 0.143. The number of rotatable bonds is 17. The summed E-state index contributed by atoms with van der Waals surface area (Å²) in [6, 6.07) is 24.0. The van der Waals surface area contributed by atoms with Gasteiger partial charge in [-0.15, -0.1) is 0 Å². The van der Waals surface area contributed by atoms with Gasteiger partial charge in [0.05, 0.1) is 0 Å². The van der Waals surface area contributed by atoms with Gasteiger partial charge in [0.15, 0.2) is 0 Å². The molecule has 0 aromatic heterocycles. The number of carbonyl (C=O) groups is 3. The van der Waals surface area contributed by atoms with E-state index in [9.17, 15) is 14.4 Å². The van der Waals surface area contributed by atoms with Gasteiger partial charge in [-0.3, -0.25) is 9.59 Å². The number of amides is 3. The zero-order valence-corrected chi connectivity index (χ0v) is 26.2. The summed E-state index contributed by atoms with van der Waals surface area (Å²) >= 11 is 0. The summed E-state index contributed by atoms with van der Waals surface area (Å²) in [4.78, 5) is 40.2. The Morgan fingerprint density at radius 1 is 0.689 bits per heavy atom. The molecule has 1 aliphatic carbocycles. The van der Waals surface area contributed by atoms with E-state index >= 15 is 0 Å². The Balaban J connectivity index is 1.42. The van der Waals surface area contributed by atoms with Crippen LogP contribution >= 0.6 is 0 Å². The first-order valence-corrected chi connectivity index (χ1v) is 16.1. The number of alkyl carbamates (subject to hydrolysis) is 1. The van der Waals surface area contributed by atoms with E-state index in [1.807, 2.05) is 61.5 Å². The standard InChI is InChI=1S/C36H47N5O4/c1-25(13-9-11-21-37)39-35(43)33(23-26-14-3-2-4-15-26)40-34(42)32(20-10-12-22-38)41-36(44)45-24-31-29-18-7-5-16-27(29)28-17-6-8-19-30(28)31/h2-8,14-19,25,31-33H,9-13,20-24,37-38H2,1H3,(H,39,43)(H,40,42)(H,41,44). The number of nitrogens with one attached hydrogen (secondary N) is 3. The molecule has 45 heavy (non-hydrogen) atoms. The van der Waals surface area contributed by atoms with E-state index in [-0.39, 0.29) is 24.5 Å². The first-order chi connectivity index (χ1) is 21.9. The lowest BCUT2D eigenvalue weighted by Gasteiger charge is -2.25. The van der Waals surface area contributed by atoms with E-state index in [2.05, 4.69) is 40.2 Å². The molecule has 3 aromatic rings. The Labute approximate surface area is 266 Å². The Morgan fingerprint density at radius 2 is 1.24 bits per heavy atom. The third-order valence-electron chi connectivity index (χ3n) is 8.29. The topological polar surface area (TPSA) is 149 Å². The van der Waals surface area contributed by atoms with Gasteiger partial charge in [0.1, 0.15) is 18.7 Å². The summed E-state index contributed by atoms with van der Waals surface area (Å²) in [5, 5.41) is 8.74. The smallest absolute Gasteiger partial charge is 0.407 e. The lowest BCUT2D eigenvalue weighted by Crippen LogP contribution is -2.55. The highest BCUT2D eigenvalue weighted by molar-refractivity contribution is 5.91. The molecule has 0 spiro atoms. The van der Waals surface area contributed by atoms with Crippen LogP contribution in [0.3, 0.4) is 0 Å². The van der Waals surface area contributed by atoms with Gasteiger partial charge < -0.3 is 32.2 Å². The summed E-state index contributed by atoms with van der Waals surface area (Å²) in [6.07, 6.45) is 3.91. The molecule has 0 saturated heterocycles. The van der Waals surface area contributed by atoms with Crippen LogP contribution < -0.4 is 27.4 Å². The fourth-order valence-corrected chi connectivity index (χ4v) is 5.89. The molecule has 0 bridgehead atoms. The lowest BCUT2D eigenvalue weighted by molar-refractivity contribution is -0.130. The Hall–Kier alpha value is -4.21. The van der Waals surface area contributed by atoms with Crippen molar-refractivity contribution in [2.24, 2.45) is 11.5 Å². The fraction of sp³-hybridized carbons (Fsp3) is 0.417. The van der Waals surface area contributed by atoms with Crippen molar-refractivity contribution < 1.29 is 19.1 Å². The first kappa shape index (κ1) is 33.7. The van der Waals surface area contributed by atoms with Crippen molar-refractivity contribution in [2.45, 2.75) is 75.9 Å². The number of hydrogen-bond acceptors (Lipinski definition) is 6. The lowest BCUT2D eigenvalue weighted by atomic mass is 9.98. The molecule has 240 valence electrons. The Morgan fingerprint density at radius 3 is 1.87 bits per heavy atom. The van der Waals surface area contributed by atoms with E-state index in [1.54, 1.807) is 0 Å². The van der Waals surface area contributed by atoms with Crippen molar-refractivity contribution in [2.75, 3.05) is 19.7 Å². The highest BCUT2D eigenvalue weighted by Crippen LogP contribution is 2.44. The van der Waals surface area contributed by atoms with Gasteiger partial charge >= 0.3 is 6.09 Å². The average Bonchev–Trinajstić information content (AvgIpc) is 3.37. The summed E-state index contributed by atoms with van der Waals surface area (Å²) in [5.74, 6) is -0.805. The second-order valence-corrected chi connectivity index (χ2v) is 11.8. The SMILES string of the molecule is CC(CCCCN)NC(=O)C(Cc1ccccc1)NC(=O)C(CCCCN)NC(=O)OCC1c2ccccc2-c2ccccc21. The molecule has 1 aliphatic rings. The molecule has 0 heterocycles. The number of hydrogen-bond donors (Lipinski definition) is 5. The summed E-state index contributed by atoms with van der Waals surface area (Å²) in [7, 11) is 0. The monoisotopic (exact) mass is 613 g/mol. The second kappa shape index (κ2) is 17.3. The third kappa shape index (κ3) is 9.64.